The Labute approximate surface area is 123 Å². The predicted molar refractivity (Wildman–Crippen MR) is 78.2 cm³/mol. The lowest BCUT2D eigenvalue weighted by atomic mass is 10.1. The first kappa shape index (κ1) is 13.9. The second kappa shape index (κ2) is 5.64. The molecular weight excluding hydrogens is 363 g/mol. The smallest absolute Gasteiger partial charge is 0.258 e. The van der Waals surface area contributed by atoms with Gasteiger partial charge in [0.1, 0.15) is 11.6 Å². The van der Waals surface area contributed by atoms with E-state index in [9.17, 15) is 13.6 Å². The van der Waals surface area contributed by atoms with Gasteiger partial charge in [-0.25, -0.2) is 8.78 Å². The van der Waals surface area contributed by atoms with Crippen molar-refractivity contribution >= 4 is 34.2 Å². The van der Waals surface area contributed by atoms with E-state index in [1.807, 2.05) is 12.1 Å². The highest BCUT2D eigenvalue weighted by Gasteiger charge is 2.14. The normalized spacial score (nSPS) is 10.3. The highest BCUT2D eigenvalue weighted by atomic mass is 127. The first-order chi connectivity index (χ1) is 8.97. The number of rotatable bonds is 2. The Kier molecular flexibility index (Phi) is 4.14. The van der Waals surface area contributed by atoms with Gasteiger partial charge in [0.2, 0.25) is 0 Å². The highest BCUT2D eigenvalue weighted by molar-refractivity contribution is 14.1. The molecule has 0 saturated carbocycles. The summed E-state index contributed by atoms with van der Waals surface area (Å²) in [6.07, 6.45) is 0. The van der Waals surface area contributed by atoms with E-state index in [0.29, 0.717) is 5.69 Å². The quantitative estimate of drug-likeness (QED) is 0.789. The van der Waals surface area contributed by atoms with Crippen LogP contribution in [-0.2, 0) is 0 Å². The fraction of sp³-hybridized carbons (Fsp3) is 0.0714. The third-order valence-corrected chi connectivity index (χ3v) is 3.31. The molecule has 0 spiro atoms. The van der Waals surface area contributed by atoms with Crippen LogP contribution < -0.4 is 5.32 Å². The number of amides is 1. The summed E-state index contributed by atoms with van der Waals surface area (Å²) in [7, 11) is 0. The molecule has 0 heterocycles. The number of carbonyl (C=O) groups excluding carboxylic acids is 1. The molecule has 0 atom stereocenters. The molecule has 0 saturated heterocycles. The molecule has 1 amide bonds. The number of carbonyl (C=O) groups is 1. The number of aryl methyl sites for hydroxylation is 1. The lowest BCUT2D eigenvalue weighted by Crippen LogP contribution is -2.14. The van der Waals surface area contributed by atoms with Crippen LogP contribution in [0.1, 0.15) is 15.9 Å². The maximum atomic E-state index is 13.5. The number of anilines is 1. The Balaban J connectivity index is 2.25. The minimum absolute atomic E-state index is 0.169. The van der Waals surface area contributed by atoms with Gasteiger partial charge in [-0.15, -0.1) is 0 Å². The van der Waals surface area contributed by atoms with Crippen molar-refractivity contribution in [3.63, 3.8) is 0 Å². The van der Waals surface area contributed by atoms with Crippen molar-refractivity contribution in [3.05, 3.63) is 62.7 Å². The zero-order valence-electron chi connectivity index (χ0n) is 10.0. The zero-order valence-corrected chi connectivity index (χ0v) is 12.2. The van der Waals surface area contributed by atoms with Crippen LogP contribution >= 0.6 is 22.6 Å². The van der Waals surface area contributed by atoms with Crippen molar-refractivity contribution in [2.24, 2.45) is 0 Å². The van der Waals surface area contributed by atoms with Gasteiger partial charge in [0, 0.05) is 15.3 Å². The topological polar surface area (TPSA) is 29.1 Å². The van der Waals surface area contributed by atoms with Crippen molar-refractivity contribution in [3.8, 4) is 0 Å². The fourth-order valence-electron chi connectivity index (χ4n) is 1.56. The molecule has 0 aliphatic heterocycles. The molecule has 0 radical (unpaired) electrons. The summed E-state index contributed by atoms with van der Waals surface area (Å²) < 4.78 is 27.7. The van der Waals surface area contributed by atoms with Crippen molar-refractivity contribution < 1.29 is 13.6 Å². The summed E-state index contributed by atoms with van der Waals surface area (Å²) in [6, 6.07) is 9.00. The molecule has 19 heavy (non-hydrogen) atoms. The standard InChI is InChI=1S/C14H10F2INO/c1-8-6-11(13(16)7-12(8)15)14(19)18-10-4-2-9(17)3-5-10/h2-7H,1H3,(H,18,19). The van der Waals surface area contributed by atoms with Crippen molar-refractivity contribution in [2.75, 3.05) is 5.32 Å². The lowest BCUT2D eigenvalue weighted by molar-refractivity contribution is 0.102. The average molecular weight is 373 g/mol. The van der Waals surface area contributed by atoms with Gasteiger partial charge in [0.25, 0.3) is 5.91 Å². The predicted octanol–water partition coefficient (Wildman–Crippen LogP) is 4.13. The van der Waals surface area contributed by atoms with Crippen LogP contribution in [0.15, 0.2) is 36.4 Å². The van der Waals surface area contributed by atoms with E-state index in [4.69, 9.17) is 0 Å². The minimum Gasteiger partial charge on any atom is -0.322 e. The Morgan fingerprint density at radius 1 is 1.11 bits per heavy atom. The van der Waals surface area contributed by atoms with E-state index in [-0.39, 0.29) is 11.1 Å². The molecule has 0 aliphatic carbocycles. The number of hydrogen-bond donors (Lipinski definition) is 1. The van der Waals surface area contributed by atoms with E-state index >= 15 is 0 Å². The van der Waals surface area contributed by atoms with Gasteiger partial charge in [-0.3, -0.25) is 4.79 Å². The van der Waals surface area contributed by atoms with Gasteiger partial charge < -0.3 is 5.32 Å². The fourth-order valence-corrected chi connectivity index (χ4v) is 1.92. The maximum absolute atomic E-state index is 13.5. The van der Waals surface area contributed by atoms with Gasteiger partial charge in [-0.05, 0) is 65.4 Å². The van der Waals surface area contributed by atoms with Crippen molar-refractivity contribution in [1.82, 2.24) is 0 Å². The van der Waals surface area contributed by atoms with Gasteiger partial charge in [0.05, 0.1) is 5.56 Å². The van der Waals surface area contributed by atoms with Gasteiger partial charge in [0.15, 0.2) is 0 Å². The maximum Gasteiger partial charge on any atom is 0.258 e. The van der Waals surface area contributed by atoms with Crippen LogP contribution in [0.3, 0.4) is 0 Å². The number of hydrogen-bond acceptors (Lipinski definition) is 1. The van der Waals surface area contributed by atoms with E-state index in [1.165, 1.54) is 13.0 Å². The Hall–Kier alpha value is -1.50. The summed E-state index contributed by atoms with van der Waals surface area (Å²) >= 11 is 2.14. The molecule has 2 aromatic carbocycles. The summed E-state index contributed by atoms with van der Waals surface area (Å²) in [5.74, 6) is -2.13. The SMILES string of the molecule is Cc1cc(C(=O)Nc2ccc(I)cc2)c(F)cc1F. The number of halogens is 3. The largest absolute Gasteiger partial charge is 0.322 e. The van der Waals surface area contributed by atoms with Crippen LogP contribution in [0.5, 0.6) is 0 Å². The third-order valence-electron chi connectivity index (χ3n) is 2.60. The van der Waals surface area contributed by atoms with Gasteiger partial charge in [-0.1, -0.05) is 0 Å². The van der Waals surface area contributed by atoms with E-state index in [0.717, 1.165) is 9.64 Å². The van der Waals surface area contributed by atoms with E-state index in [2.05, 4.69) is 27.9 Å². The Bertz CT molecular complexity index is 626. The molecule has 0 aromatic heterocycles. The first-order valence-corrected chi connectivity index (χ1v) is 6.58. The molecule has 5 heteroatoms. The molecule has 98 valence electrons. The Morgan fingerprint density at radius 2 is 1.74 bits per heavy atom. The average Bonchev–Trinajstić information content (AvgIpc) is 2.36. The minimum atomic E-state index is -0.869. The van der Waals surface area contributed by atoms with Crippen LogP contribution in [0.25, 0.3) is 0 Å². The summed E-state index contributed by atoms with van der Waals surface area (Å²) in [5.41, 5.74) is 0.624. The van der Waals surface area contributed by atoms with Gasteiger partial charge >= 0.3 is 0 Å². The molecule has 0 aliphatic rings. The monoisotopic (exact) mass is 373 g/mol. The molecule has 2 aromatic rings. The van der Waals surface area contributed by atoms with Crippen molar-refractivity contribution in [2.45, 2.75) is 6.92 Å². The first-order valence-electron chi connectivity index (χ1n) is 5.50. The molecule has 0 bridgehead atoms. The highest BCUT2D eigenvalue weighted by Crippen LogP contribution is 2.17. The molecule has 2 nitrogen and oxygen atoms in total. The van der Waals surface area contributed by atoms with E-state index in [1.54, 1.807) is 12.1 Å². The lowest BCUT2D eigenvalue weighted by Gasteiger charge is -2.07. The summed E-state index contributed by atoms with van der Waals surface area (Å²) in [6.45, 7) is 1.48. The van der Waals surface area contributed by atoms with Crippen molar-refractivity contribution in [1.29, 1.82) is 0 Å². The van der Waals surface area contributed by atoms with Gasteiger partial charge in [-0.2, -0.15) is 0 Å². The molecule has 0 unspecified atom stereocenters. The third kappa shape index (κ3) is 3.28. The number of nitrogens with one attached hydrogen (secondary N) is 1. The second-order valence-electron chi connectivity index (χ2n) is 4.04. The van der Waals surface area contributed by atoms with Crippen LogP contribution in [0, 0.1) is 22.1 Å². The summed E-state index contributed by atoms with van der Waals surface area (Å²) in [5, 5.41) is 2.57. The van der Waals surface area contributed by atoms with Crippen LogP contribution in [-0.4, -0.2) is 5.91 Å². The zero-order chi connectivity index (χ0) is 14.0. The van der Waals surface area contributed by atoms with Crippen LogP contribution in [0.2, 0.25) is 0 Å². The summed E-state index contributed by atoms with van der Waals surface area (Å²) in [4.78, 5) is 11.9. The Morgan fingerprint density at radius 3 is 2.37 bits per heavy atom. The number of benzene rings is 2. The van der Waals surface area contributed by atoms with Crippen LogP contribution in [0.4, 0.5) is 14.5 Å². The molecule has 1 N–H and O–H groups in total. The van der Waals surface area contributed by atoms with E-state index < -0.39 is 17.5 Å². The molecule has 0 fully saturated rings. The molecular formula is C14H10F2INO. The molecule has 2 rings (SSSR count). The second-order valence-corrected chi connectivity index (χ2v) is 5.29.